The topological polar surface area (TPSA) is 40.6 Å². The zero-order valence-corrected chi connectivity index (χ0v) is 18.9. The molecule has 2 amide bonds. The highest BCUT2D eigenvalue weighted by molar-refractivity contribution is 7.10. The van der Waals surface area contributed by atoms with Crippen LogP contribution >= 0.6 is 22.9 Å². The van der Waals surface area contributed by atoms with Crippen LogP contribution in [0.15, 0.2) is 35.7 Å². The van der Waals surface area contributed by atoms with Crippen LogP contribution in [0.25, 0.3) is 0 Å². The number of rotatable bonds is 7. The Labute approximate surface area is 182 Å². The normalized spacial score (nSPS) is 16.0. The van der Waals surface area contributed by atoms with Crippen molar-refractivity contribution in [1.82, 2.24) is 9.80 Å². The smallest absolute Gasteiger partial charge is 0.242 e. The first-order chi connectivity index (χ1) is 13.9. The number of nitrogens with zero attached hydrogens (tertiary/aromatic N) is 2. The average Bonchev–Trinajstić information content (AvgIpc) is 3.19. The Balaban J connectivity index is 1.87. The predicted octanol–water partition coefficient (Wildman–Crippen LogP) is 5.16. The largest absolute Gasteiger partial charge is 0.333 e. The van der Waals surface area contributed by atoms with E-state index in [9.17, 15) is 9.59 Å². The number of hydrogen-bond acceptors (Lipinski definition) is 3. The van der Waals surface area contributed by atoms with Crippen molar-refractivity contribution in [3.63, 3.8) is 0 Å². The third-order valence-corrected chi connectivity index (χ3v) is 6.63. The van der Waals surface area contributed by atoms with Crippen molar-refractivity contribution in [1.29, 1.82) is 0 Å². The zero-order chi connectivity index (χ0) is 21.0. The van der Waals surface area contributed by atoms with Crippen molar-refractivity contribution in [2.45, 2.75) is 46.1 Å². The minimum absolute atomic E-state index is 0.00639. The SMILES string of the molecule is CCCCN(CC(=O)N1CCc2sccc2C1c1ccc(Cl)cc1)C(=O)C(C)C. The monoisotopic (exact) mass is 432 g/mol. The number of thiophene rings is 1. The molecule has 0 spiro atoms. The van der Waals surface area contributed by atoms with E-state index in [0.29, 0.717) is 18.1 Å². The maximum atomic E-state index is 13.4. The molecule has 1 aliphatic heterocycles. The number of carbonyl (C=O) groups is 2. The summed E-state index contributed by atoms with van der Waals surface area (Å²) >= 11 is 7.83. The molecule has 4 nitrogen and oxygen atoms in total. The summed E-state index contributed by atoms with van der Waals surface area (Å²) in [5.74, 6) is -0.0634. The van der Waals surface area contributed by atoms with Crippen LogP contribution < -0.4 is 0 Å². The van der Waals surface area contributed by atoms with Crippen LogP contribution in [-0.4, -0.2) is 41.2 Å². The Bertz CT molecular complexity index is 847. The van der Waals surface area contributed by atoms with Crippen LogP contribution in [0.1, 0.15) is 55.7 Å². The molecular formula is C23H29ClN2O2S. The predicted molar refractivity (Wildman–Crippen MR) is 119 cm³/mol. The van der Waals surface area contributed by atoms with Gasteiger partial charge in [0.25, 0.3) is 0 Å². The lowest BCUT2D eigenvalue weighted by molar-refractivity contribution is -0.143. The van der Waals surface area contributed by atoms with Gasteiger partial charge in [-0.05, 0) is 47.5 Å². The third-order valence-electron chi connectivity index (χ3n) is 5.39. The molecule has 0 bridgehead atoms. The highest BCUT2D eigenvalue weighted by Crippen LogP contribution is 2.38. The van der Waals surface area contributed by atoms with Gasteiger partial charge in [0, 0.05) is 28.9 Å². The van der Waals surface area contributed by atoms with Gasteiger partial charge in [0.05, 0.1) is 12.6 Å². The first-order valence-electron chi connectivity index (χ1n) is 10.3. The van der Waals surface area contributed by atoms with Gasteiger partial charge >= 0.3 is 0 Å². The molecule has 2 heterocycles. The Morgan fingerprint density at radius 2 is 1.97 bits per heavy atom. The van der Waals surface area contributed by atoms with E-state index in [0.717, 1.165) is 24.8 Å². The number of carbonyl (C=O) groups excluding carboxylic acids is 2. The number of unbranched alkanes of at least 4 members (excludes halogenated alkanes) is 1. The maximum absolute atomic E-state index is 13.4. The van der Waals surface area contributed by atoms with Crippen molar-refractivity contribution in [2.24, 2.45) is 5.92 Å². The fourth-order valence-corrected chi connectivity index (χ4v) is 4.85. The van der Waals surface area contributed by atoms with Crippen LogP contribution in [0.4, 0.5) is 0 Å². The minimum atomic E-state index is -0.128. The molecule has 156 valence electrons. The second-order valence-corrected chi connectivity index (χ2v) is 9.30. The Morgan fingerprint density at radius 1 is 1.24 bits per heavy atom. The number of hydrogen-bond donors (Lipinski definition) is 0. The van der Waals surface area contributed by atoms with Crippen LogP contribution in [0, 0.1) is 5.92 Å². The van der Waals surface area contributed by atoms with Gasteiger partial charge in [-0.3, -0.25) is 9.59 Å². The van der Waals surface area contributed by atoms with E-state index in [1.807, 2.05) is 43.0 Å². The summed E-state index contributed by atoms with van der Waals surface area (Å²) in [6, 6.07) is 9.72. The first-order valence-corrected chi connectivity index (χ1v) is 11.6. The van der Waals surface area contributed by atoms with Gasteiger partial charge in [0.2, 0.25) is 11.8 Å². The quantitative estimate of drug-likeness (QED) is 0.606. The fourth-order valence-electron chi connectivity index (χ4n) is 3.82. The van der Waals surface area contributed by atoms with Gasteiger partial charge in [-0.2, -0.15) is 0 Å². The number of amides is 2. The molecule has 6 heteroatoms. The van der Waals surface area contributed by atoms with Crippen molar-refractivity contribution in [3.8, 4) is 0 Å². The standard InChI is InChI=1S/C23H29ClN2O2S/c1-4-5-12-25(23(28)16(2)3)15-21(27)26-13-10-20-19(11-14-29-20)22(26)17-6-8-18(24)9-7-17/h6-9,11,14,16,22H,4-5,10,12-13,15H2,1-3H3. The van der Waals surface area contributed by atoms with Crippen LogP contribution in [0.5, 0.6) is 0 Å². The van der Waals surface area contributed by atoms with Gasteiger partial charge in [0.1, 0.15) is 0 Å². The molecular weight excluding hydrogens is 404 g/mol. The summed E-state index contributed by atoms with van der Waals surface area (Å²) in [7, 11) is 0. The Kier molecular flexibility index (Phi) is 7.36. The van der Waals surface area contributed by atoms with E-state index >= 15 is 0 Å². The summed E-state index contributed by atoms with van der Waals surface area (Å²) in [4.78, 5) is 31.0. The molecule has 0 aliphatic carbocycles. The van der Waals surface area contributed by atoms with Gasteiger partial charge in [-0.1, -0.05) is 50.9 Å². The minimum Gasteiger partial charge on any atom is -0.333 e. The van der Waals surface area contributed by atoms with Crippen molar-refractivity contribution in [3.05, 3.63) is 56.7 Å². The van der Waals surface area contributed by atoms with Crippen LogP contribution in [0.2, 0.25) is 5.02 Å². The van der Waals surface area contributed by atoms with E-state index in [4.69, 9.17) is 11.6 Å². The van der Waals surface area contributed by atoms with E-state index in [1.54, 1.807) is 16.2 Å². The molecule has 29 heavy (non-hydrogen) atoms. The molecule has 1 unspecified atom stereocenters. The van der Waals surface area contributed by atoms with Crippen molar-refractivity contribution >= 4 is 34.8 Å². The molecule has 0 N–H and O–H groups in total. The molecule has 2 aromatic rings. The second kappa shape index (κ2) is 9.77. The number of halogens is 1. The van der Waals surface area contributed by atoms with Gasteiger partial charge in [-0.25, -0.2) is 0 Å². The number of fused-ring (bicyclic) bond motifs is 1. The summed E-state index contributed by atoms with van der Waals surface area (Å²) in [6.45, 7) is 7.31. The Hall–Kier alpha value is -1.85. The van der Waals surface area contributed by atoms with Gasteiger partial charge in [0.15, 0.2) is 0 Å². The lowest BCUT2D eigenvalue weighted by Gasteiger charge is -2.38. The van der Waals surface area contributed by atoms with Crippen molar-refractivity contribution in [2.75, 3.05) is 19.6 Å². The molecule has 1 aromatic heterocycles. The van der Waals surface area contributed by atoms with Gasteiger partial charge in [-0.15, -0.1) is 11.3 Å². The highest BCUT2D eigenvalue weighted by Gasteiger charge is 2.34. The average molecular weight is 433 g/mol. The summed E-state index contributed by atoms with van der Waals surface area (Å²) in [5.41, 5.74) is 2.24. The molecule has 0 fully saturated rings. The summed E-state index contributed by atoms with van der Waals surface area (Å²) in [5, 5.41) is 2.78. The van der Waals surface area contributed by atoms with E-state index in [2.05, 4.69) is 18.4 Å². The molecule has 1 aliphatic rings. The van der Waals surface area contributed by atoms with Gasteiger partial charge < -0.3 is 9.80 Å². The van der Waals surface area contributed by atoms with E-state index in [-0.39, 0.29) is 30.3 Å². The molecule has 1 aromatic carbocycles. The molecule has 3 rings (SSSR count). The highest BCUT2D eigenvalue weighted by atomic mass is 35.5. The second-order valence-electron chi connectivity index (χ2n) is 7.86. The van der Waals surface area contributed by atoms with Crippen LogP contribution in [0.3, 0.4) is 0 Å². The van der Waals surface area contributed by atoms with E-state index < -0.39 is 0 Å². The third kappa shape index (κ3) is 5.01. The molecule has 1 atom stereocenters. The van der Waals surface area contributed by atoms with Crippen LogP contribution in [-0.2, 0) is 16.0 Å². The molecule has 0 saturated heterocycles. The molecule has 0 saturated carbocycles. The lowest BCUT2D eigenvalue weighted by Crippen LogP contribution is -2.47. The summed E-state index contributed by atoms with van der Waals surface area (Å²) in [6.07, 6.45) is 2.75. The first kappa shape index (κ1) is 21.8. The Morgan fingerprint density at radius 3 is 2.62 bits per heavy atom. The lowest BCUT2D eigenvalue weighted by atomic mass is 9.93. The van der Waals surface area contributed by atoms with E-state index in [1.165, 1.54) is 10.4 Å². The number of benzene rings is 1. The zero-order valence-electron chi connectivity index (χ0n) is 17.4. The van der Waals surface area contributed by atoms with Crippen molar-refractivity contribution < 1.29 is 9.59 Å². The fraction of sp³-hybridized carbons (Fsp3) is 0.478. The molecule has 0 radical (unpaired) electrons. The maximum Gasteiger partial charge on any atom is 0.242 e. The summed E-state index contributed by atoms with van der Waals surface area (Å²) < 4.78 is 0.